The highest BCUT2D eigenvalue weighted by atomic mass is 16.6. The molecule has 0 radical (unpaired) electrons. The maximum Gasteiger partial charge on any atom is 0.272 e. The molecule has 88 valence electrons. The molecule has 2 N–H and O–H groups in total. The number of hydrogen-bond donors (Lipinski definition) is 2. The van der Waals surface area contributed by atoms with E-state index in [0.29, 0.717) is 18.7 Å². The molecule has 5 heteroatoms. The van der Waals surface area contributed by atoms with E-state index in [1.165, 1.54) is 0 Å². The van der Waals surface area contributed by atoms with Crippen LogP contribution >= 0.6 is 0 Å². The molecule has 1 rings (SSSR count). The van der Waals surface area contributed by atoms with E-state index in [0.717, 1.165) is 5.56 Å². The fourth-order valence-electron chi connectivity index (χ4n) is 1.39. The lowest BCUT2D eigenvalue weighted by atomic mass is 10.1. The van der Waals surface area contributed by atoms with Gasteiger partial charge < -0.3 is 10.4 Å². The van der Waals surface area contributed by atoms with E-state index in [9.17, 15) is 10.1 Å². The first kappa shape index (κ1) is 12.6. The second-order valence-electron chi connectivity index (χ2n) is 3.86. The Morgan fingerprint density at radius 3 is 2.81 bits per heavy atom. The van der Waals surface area contributed by atoms with Crippen LogP contribution in [0, 0.1) is 17.0 Å². The van der Waals surface area contributed by atoms with Gasteiger partial charge in [0.05, 0.1) is 11.0 Å². The normalized spacial score (nSPS) is 12.4. The molecule has 0 spiro atoms. The van der Waals surface area contributed by atoms with Gasteiger partial charge in [-0.3, -0.25) is 10.1 Å². The Labute approximate surface area is 94.3 Å². The topological polar surface area (TPSA) is 75.4 Å². The maximum absolute atomic E-state index is 10.7. The quantitative estimate of drug-likeness (QED) is 0.585. The highest BCUT2D eigenvalue weighted by Crippen LogP contribution is 2.18. The van der Waals surface area contributed by atoms with E-state index in [1.807, 2.05) is 6.07 Å². The molecule has 1 atom stereocenters. The third-order valence-electron chi connectivity index (χ3n) is 2.24. The number of nitro groups is 1. The van der Waals surface area contributed by atoms with E-state index in [-0.39, 0.29) is 10.6 Å². The van der Waals surface area contributed by atoms with Crippen molar-refractivity contribution in [3.05, 3.63) is 39.4 Å². The van der Waals surface area contributed by atoms with Gasteiger partial charge in [0, 0.05) is 24.7 Å². The molecular formula is C11H16N2O3. The van der Waals surface area contributed by atoms with Crippen molar-refractivity contribution in [3.63, 3.8) is 0 Å². The molecular weight excluding hydrogens is 208 g/mol. The molecule has 0 amide bonds. The van der Waals surface area contributed by atoms with E-state index >= 15 is 0 Å². The summed E-state index contributed by atoms with van der Waals surface area (Å²) < 4.78 is 0. The molecule has 0 bridgehead atoms. The van der Waals surface area contributed by atoms with Crippen molar-refractivity contribution in [2.45, 2.75) is 26.5 Å². The first-order chi connectivity index (χ1) is 7.50. The van der Waals surface area contributed by atoms with Crippen molar-refractivity contribution in [2.24, 2.45) is 0 Å². The lowest BCUT2D eigenvalue weighted by molar-refractivity contribution is -0.385. The van der Waals surface area contributed by atoms with Gasteiger partial charge in [0.25, 0.3) is 5.69 Å². The van der Waals surface area contributed by atoms with E-state index in [4.69, 9.17) is 5.11 Å². The molecule has 16 heavy (non-hydrogen) atoms. The van der Waals surface area contributed by atoms with Crippen LogP contribution in [0.4, 0.5) is 5.69 Å². The van der Waals surface area contributed by atoms with E-state index in [2.05, 4.69) is 5.32 Å². The number of nitro benzene ring substituents is 1. The predicted octanol–water partition coefficient (Wildman–Crippen LogP) is 1.37. The van der Waals surface area contributed by atoms with E-state index < -0.39 is 6.10 Å². The van der Waals surface area contributed by atoms with Gasteiger partial charge in [0.1, 0.15) is 0 Å². The number of benzene rings is 1. The highest BCUT2D eigenvalue weighted by molar-refractivity contribution is 5.42. The fraction of sp³-hybridized carbons (Fsp3) is 0.455. The van der Waals surface area contributed by atoms with Crippen molar-refractivity contribution >= 4 is 5.69 Å². The zero-order valence-corrected chi connectivity index (χ0v) is 9.43. The number of nitrogens with one attached hydrogen (secondary N) is 1. The molecule has 0 heterocycles. The average Bonchev–Trinajstić information content (AvgIpc) is 2.19. The van der Waals surface area contributed by atoms with Gasteiger partial charge >= 0.3 is 0 Å². The van der Waals surface area contributed by atoms with Crippen molar-refractivity contribution in [1.82, 2.24) is 5.32 Å². The Balaban J connectivity index is 2.68. The maximum atomic E-state index is 10.7. The Morgan fingerprint density at radius 2 is 2.25 bits per heavy atom. The third-order valence-corrected chi connectivity index (χ3v) is 2.24. The third kappa shape index (κ3) is 3.60. The molecule has 5 nitrogen and oxygen atoms in total. The van der Waals surface area contributed by atoms with Crippen LogP contribution in [-0.2, 0) is 6.54 Å². The number of nitrogens with zero attached hydrogens (tertiary/aromatic N) is 1. The summed E-state index contributed by atoms with van der Waals surface area (Å²) in [6.07, 6.45) is -0.416. The Kier molecular flexibility index (Phi) is 4.39. The Bertz CT molecular complexity index is 377. The monoisotopic (exact) mass is 224 g/mol. The minimum atomic E-state index is -0.416. The molecule has 0 aliphatic carbocycles. The number of aliphatic hydroxyl groups is 1. The SMILES string of the molecule is Cc1ccc(CNCC(C)O)cc1[N+](=O)[O-]. The lowest BCUT2D eigenvalue weighted by Crippen LogP contribution is -2.23. The summed E-state index contributed by atoms with van der Waals surface area (Å²) >= 11 is 0. The van der Waals surface area contributed by atoms with Crippen LogP contribution < -0.4 is 5.32 Å². The van der Waals surface area contributed by atoms with Gasteiger partial charge in [-0.1, -0.05) is 12.1 Å². The first-order valence-electron chi connectivity index (χ1n) is 5.13. The minimum Gasteiger partial charge on any atom is -0.392 e. The summed E-state index contributed by atoms with van der Waals surface area (Å²) in [5.74, 6) is 0. The highest BCUT2D eigenvalue weighted by Gasteiger charge is 2.10. The van der Waals surface area contributed by atoms with Gasteiger partial charge in [-0.25, -0.2) is 0 Å². The van der Waals surface area contributed by atoms with Crippen LogP contribution in [0.1, 0.15) is 18.1 Å². The van der Waals surface area contributed by atoms with Crippen LogP contribution in [0.15, 0.2) is 18.2 Å². The molecule has 0 fully saturated rings. The van der Waals surface area contributed by atoms with Crippen molar-refractivity contribution in [3.8, 4) is 0 Å². The fourth-order valence-corrected chi connectivity index (χ4v) is 1.39. The number of aryl methyl sites for hydroxylation is 1. The summed E-state index contributed by atoms with van der Waals surface area (Å²) in [4.78, 5) is 10.3. The second-order valence-corrected chi connectivity index (χ2v) is 3.86. The predicted molar refractivity (Wildman–Crippen MR) is 61.2 cm³/mol. The molecule has 0 saturated carbocycles. The van der Waals surface area contributed by atoms with Gasteiger partial charge in [-0.2, -0.15) is 0 Å². The molecule has 0 aliphatic rings. The number of hydrogen-bond acceptors (Lipinski definition) is 4. The van der Waals surface area contributed by atoms with E-state index in [1.54, 1.807) is 26.0 Å². The Morgan fingerprint density at radius 1 is 1.56 bits per heavy atom. The van der Waals surface area contributed by atoms with Crippen LogP contribution in [0.3, 0.4) is 0 Å². The summed E-state index contributed by atoms with van der Waals surface area (Å²) in [6, 6.07) is 5.14. The average molecular weight is 224 g/mol. The van der Waals surface area contributed by atoms with Gasteiger partial charge in [-0.15, -0.1) is 0 Å². The lowest BCUT2D eigenvalue weighted by Gasteiger charge is -2.07. The summed E-state index contributed by atoms with van der Waals surface area (Å²) in [7, 11) is 0. The van der Waals surface area contributed by atoms with Crippen LogP contribution in [0.2, 0.25) is 0 Å². The molecule has 1 unspecified atom stereocenters. The van der Waals surface area contributed by atoms with Gasteiger partial charge in [-0.05, 0) is 19.4 Å². The van der Waals surface area contributed by atoms with Crippen LogP contribution in [0.5, 0.6) is 0 Å². The van der Waals surface area contributed by atoms with Crippen molar-refractivity contribution in [1.29, 1.82) is 0 Å². The zero-order chi connectivity index (χ0) is 12.1. The summed E-state index contributed by atoms with van der Waals surface area (Å²) in [6.45, 7) is 4.39. The Hall–Kier alpha value is -1.46. The van der Waals surface area contributed by atoms with Crippen LogP contribution in [0.25, 0.3) is 0 Å². The van der Waals surface area contributed by atoms with Crippen molar-refractivity contribution < 1.29 is 10.0 Å². The van der Waals surface area contributed by atoms with Crippen molar-refractivity contribution in [2.75, 3.05) is 6.54 Å². The molecule has 1 aromatic rings. The molecule has 0 aromatic heterocycles. The smallest absolute Gasteiger partial charge is 0.272 e. The van der Waals surface area contributed by atoms with Gasteiger partial charge in [0.15, 0.2) is 0 Å². The standard InChI is InChI=1S/C11H16N2O3/c1-8-3-4-10(5-11(8)13(15)16)7-12-6-9(2)14/h3-5,9,12,14H,6-7H2,1-2H3. The number of rotatable bonds is 5. The molecule has 1 aromatic carbocycles. The minimum absolute atomic E-state index is 0.136. The second kappa shape index (κ2) is 5.58. The molecule has 0 saturated heterocycles. The number of aliphatic hydroxyl groups excluding tert-OH is 1. The summed E-state index contributed by atoms with van der Waals surface area (Å²) in [5.41, 5.74) is 1.64. The zero-order valence-electron chi connectivity index (χ0n) is 9.43. The molecule has 0 aliphatic heterocycles. The largest absolute Gasteiger partial charge is 0.392 e. The van der Waals surface area contributed by atoms with Gasteiger partial charge in [0.2, 0.25) is 0 Å². The van der Waals surface area contributed by atoms with Crippen LogP contribution in [-0.4, -0.2) is 22.7 Å². The first-order valence-corrected chi connectivity index (χ1v) is 5.13. The summed E-state index contributed by atoms with van der Waals surface area (Å²) in [5, 5.41) is 22.8.